The van der Waals surface area contributed by atoms with Gasteiger partial charge in [0.05, 0.1) is 26.4 Å². The van der Waals surface area contributed by atoms with E-state index in [0.29, 0.717) is 36.0 Å². The van der Waals surface area contributed by atoms with E-state index in [-0.39, 0.29) is 24.7 Å². The summed E-state index contributed by atoms with van der Waals surface area (Å²) in [6, 6.07) is 8.95. The number of rotatable bonds is 6. The second-order valence-corrected chi connectivity index (χ2v) is 7.41. The molecule has 1 aromatic heterocycles. The maximum Gasteiger partial charge on any atom is 0.265 e. The van der Waals surface area contributed by atoms with Crippen molar-refractivity contribution in [3.8, 4) is 11.5 Å². The van der Waals surface area contributed by atoms with Crippen LogP contribution in [0.1, 0.15) is 26.5 Å². The number of nitrogens with one attached hydrogen (secondary N) is 1. The Hall–Kier alpha value is -2.09. The van der Waals surface area contributed by atoms with E-state index < -0.39 is 0 Å². The summed E-state index contributed by atoms with van der Waals surface area (Å²) in [5.41, 5.74) is 0.822. The van der Waals surface area contributed by atoms with Gasteiger partial charge in [0.2, 0.25) is 0 Å². The summed E-state index contributed by atoms with van der Waals surface area (Å²) in [6.07, 6.45) is 0.400. The average molecular weight is 377 g/mol. The van der Waals surface area contributed by atoms with Crippen LogP contribution in [0.3, 0.4) is 0 Å². The van der Waals surface area contributed by atoms with Crippen molar-refractivity contribution in [3.05, 3.63) is 45.6 Å². The van der Waals surface area contributed by atoms with Gasteiger partial charge in [-0.2, -0.15) is 0 Å². The Morgan fingerprint density at radius 3 is 2.85 bits per heavy atom. The van der Waals surface area contributed by atoms with Gasteiger partial charge in [-0.15, -0.1) is 11.3 Å². The fourth-order valence-corrected chi connectivity index (χ4v) is 3.76. The number of amides is 1. The summed E-state index contributed by atoms with van der Waals surface area (Å²) >= 11 is 1.41. The zero-order valence-corrected chi connectivity index (χ0v) is 15.7. The zero-order chi connectivity index (χ0) is 18.5. The van der Waals surface area contributed by atoms with Gasteiger partial charge in [-0.05, 0) is 37.1 Å². The summed E-state index contributed by atoms with van der Waals surface area (Å²) in [7, 11) is 1.56. The molecule has 0 unspecified atom stereocenters. The molecular weight excluding hydrogens is 354 g/mol. The molecule has 1 aliphatic heterocycles. The van der Waals surface area contributed by atoms with Crippen molar-refractivity contribution < 1.29 is 24.1 Å². The third-order valence-corrected chi connectivity index (χ3v) is 5.29. The Labute approximate surface area is 156 Å². The Morgan fingerprint density at radius 2 is 2.15 bits per heavy atom. The Kier molecular flexibility index (Phi) is 6.13. The fourth-order valence-electron chi connectivity index (χ4n) is 2.88. The van der Waals surface area contributed by atoms with Crippen molar-refractivity contribution in [1.29, 1.82) is 0 Å². The standard InChI is InChI=1S/C19H23NO5S/c1-12-9-16(23-2)18(26-12)19(22)20-15-7-8-24-11-17(15)25-14-5-3-13(10-21)4-6-14/h3-6,9,15,17,21H,7-8,10-11H2,1-2H3,(H,20,22)/t15-,17-/m1/s1. The van der Waals surface area contributed by atoms with Gasteiger partial charge in [-0.1, -0.05) is 12.1 Å². The maximum atomic E-state index is 12.7. The second-order valence-electron chi connectivity index (χ2n) is 6.16. The normalized spacial score (nSPS) is 19.8. The van der Waals surface area contributed by atoms with E-state index >= 15 is 0 Å². The van der Waals surface area contributed by atoms with Gasteiger partial charge >= 0.3 is 0 Å². The van der Waals surface area contributed by atoms with Gasteiger partial charge in [0, 0.05) is 11.5 Å². The molecule has 2 N–H and O–H groups in total. The van der Waals surface area contributed by atoms with Gasteiger partial charge in [-0.3, -0.25) is 4.79 Å². The molecule has 6 nitrogen and oxygen atoms in total. The average Bonchev–Trinajstić information content (AvgIpc) is 3.05. The summed E-state index contributed by atoms with van der Waals surface area (Å²) in [6.45, 7) is 2.93. The fraction of sp³-hybridized carbons (Fsp3) is 0.421. The molecule has 2 heterocycles. The number of aliphatic hydroxyl groups excluding tert-OH is 1. The minimum atomic E-state index is -0.278. The molecule has 0 aliphatic carbocycles. The number of carbonyl (C=O) groups excluding carboxylic acids is 1. The molecule has 0 spiro atoms. The highest BCUT2D eigenvalue weighted by Gasteiger charge is 2.30. The second kappa shape index (κ2) is 8.53. The quantitative estimate of drug-likeness (QED) is 0.809. The maximum absolute atomic E-state index is 12.7. The molecule has 26 heavy (non-hydrogen) atoms. The predicted molar refractivity (Wildman–Crippen MR) is 99.1 cm³/mol. The lowest BCUT2D eigenvalue weighted by Gasteiger charge is -2.32. The molecule has 140 valence electrons. The molecule has 1 fully saturated rings. The third kappa shape index (κ3) is 4.35. The lowest BCUT2D eigenvalue weighted by Crippen LogP contribution is -2.51. The van der Waals surface area contributed by atoms with Crippen LogP contribution < -0.4 is 14.8 Å². The van der Waals surface area contributed by atoms with Crippen molar-refractivity contribution >= 4 is 17.2 Å². The molecule has 1 amide bonds. The first kappa shape index (κ1) is 18.7. The number of methoxy groups -OCH3 is 1. The number of hydrogen-bond acceptors (Lipinski definition) is 6. The monoisotopic (exact) mass is 377 g/mol. The predicted octanol–water partition coefficient (Wildman–Crippen LogP) is 2.52. The lowest BCUT2D eigenvalue weighted by molar-refractivity contribution is -0.0135. The van der Waals surface area contributed by atoms with E-state index in [0.717, 1.165) is 10.4 Å². The summed E-state index contributed by atoms with van der Waals surface area (Å²) < 4.78 is 16.8. The first-order valence-electron chi connectivity index (χ1n) is 8.50. The smallest absolute Gasteiger partial charge is 0.265 e. The molecule has 0 bridgehead atoms. The highest BCUT2D eigenvalue weighted by Crippen LogP contribution is 2.29. The topological polar surface area (TPSA) is 77.0 Å². The molecule has 0 radical (unpaired) electrons. The van der Waals surface area contributed by atoms with Gasteiger partial charge in [-0.25, -0.2) is 0 Å². The van der Waals surface area contributed by atoms with Crippen LogP contribution in [0.25, 0.3) is 0 Å². The largest absolute Gasteiger partial charge is 0.495 e. The highest BCUT2D eigenvalue weighted by molar-refractivity contribution is 7.14. The van der Waals surface area contributed by atoms with Crippen LogP contribution >= 0.6 is 11.3 Å². The Balaban J connectivity index is 1.68. The van der Waals surface area contributed by atoms with Crippen molar-refractivity contribution in [3.63, 3.8) is 0 Å². The van der Waals surface area contributed by atoms with E-state index in [1.54, 1.807) is 7.11 Å². The number of aliphatic hydroxyl groups is 1. The molecule has 1 aromatic carbocycles. The first-order valence-corrected chi connectivity index (χ1v) is 9.32. The lowest BCUT2D eigenvalue weighted by atomic mass is 10.1. The summed E-state index contributed by atoms with van der Waals surface area (Å²) in [5.74, 6) is 1.12. The Morgan fingerprint density at radius 1 is 1.38 bits per heavy atom. The molecule has 1 aliphatic rings. The van der Waals surface area contributed by atoms with Crippen LogP contribution in [0.2, 0.25) is 0 Å². The van der Waals surface area contributed by atoms with E-state index in [2.05, 4.69) is 5.32 Å². The minimum Gasteiger partial charge on any atom is -0.495 e. The van der Waals surface area contributed by atoms with Crippen molar-refractivity contribution in [2.24, 2.45) is 0 Å². The van der Waals surface area contributed by atoms with E-state index in [1.165, 1.54) is 11.3 Å². The molecule has 1 saturated heterocycles. The summed E-state index contributed by atoms with van der Waals surface area (Å²) in [5, 5.41) is 12.2. The van der Waals surface area contributed by atoms with Crippen LogP contribution in [0.15, 0.2) is 30.3 Å². The minimum absolute atomic E-state index is 0.00638. The Bertz CT molecular complexity index is 743. The van der Waals surface area contributed by atoms with Gasteiger partial charge in [0.25, 0.3) is 5.91 Å². The van der Waals surface area contributed by atoms with Gasteiger partial charge in [0.1, 0.15) is 22.5 Å². The number of benzene rings is 1. The molecule has 2 aromatic rings. The van der Waals surface area contributed by atoms with E-state index in [9.17, 15) is 4.79 Å². The molecule has 7 heteroatoms. The SMILES string of the molecule is COc1cc(C)sc1C(=O)N[C@@H]1CCOC[C@H]1Oc1ccc(CO)cc1. The van der Waals surface area contributed by atoms with Crippen LogP contribution in [-0.4, -0.2) is 43.5 Å². The number of aryl methyl sites for hydroxylation is 1. The van der Waals surface area contributed by atoms with Crippen LogP contribution in [0.4, 0.5) is 0 Å². The first-order chi connectivity index (χ1) is 12.6. The highest BCUT2D eigenvalue weighted by atomic mass is 32.1. The van der Waals surface area contributed by atoms with Crippen LogP contribution in [0.5, 0.6) is 11.5 Å². The van der Waals surface area contributed by atoms with Crippen LogP contribution in [0, 0.1) is 6.92 Å². The van der Waals surface area contributed by atoms with Gasteiger partial charge < -0.3 is 24.6 Å². The molecule has 0 saturated carbocycles. The van der Waals surface area contributed by atoms with E-state index in [4.69, 9.17) is 19.3 Å². The third-order valence-electron chi connectivity index (χ3n) is 4.26. The van der Waals surface area contributed by atoms with Crippen molar-refractivity contribution in [1.82, 2.24) is 5.32 Å². The van der Waals surface area contributed by atoms with Crippen molar-refractivity contribution in [2.45, 2.75) is 32.1 Å². The summed E-state index contributed by atoms with van der Waals surface area (Å²) in [4.78, 5) is 14.3. The molecule has 2 atom stereocenters. The van der Waals surface area contributed by atoms with E-state index in [1.807, 2.05) is 37.3 Å². The number of carbonyl (C=O) groups is 1. The zero-order valence-electron chi connectivity index (χ0n) is 14.9. The molecule has 3 rings (SSSR count). The van der Waals surface area contributed by atoms with Crippen LogP contribution in [-0.2, 0) is 11.3 Å². The number of thiophene rings is 1. The molecular formula is C19H23NO5S. The van der Waals surface area contributed by atoms with Crippen molar-refractivity contribution in [2.75, 3.05) is 20.3 Å². The number of hydrogen-bond donors (Lipinski definition) is 2. The van der Waals surface area contributed by atoms with Gasteiger partial charge in [0.15, 0.2) is 0 Å². The number of ether oxygens (including phenoxy) is 3.